The van der Waals surface area contributed by atoms with Crippen LogP contribution in [-0.2, 0) is 0 Å². The average Bonchev–Trinajstić information content (AvgIpc) is 2.81. The molecule has 5 rings (SSSR count). The molecule has 0 spiro atoms. The van der Waals surface area contributed by atoms with Gasteiger partial charge in [0, 0.05) is 19.0 Å². The molecule has 10 nitrogen and oxygen atoms in total. The Hall–Kier alpha value is -3.15. The lowest BCUT2D eigenvalue weighted by Crippen LogP contribution is -2.42. The van der Waals surface area contributed by atoms with Crippen LogP contribution in [0.1, 0.15) is 28.8 Å². The van der Waals surface area contributed by atoms with Crippen molar-refractivity contribution >= 4 is 28.4 Å². The van der Waals surface area contributed by atoms with Gasteiger partial charge >= 0.3 is 0 Å². The van der Waals surface area contributed by atoms with Crippen LogP contribution in [0.25, 0.3) is 0 Å². The molecule has 1 amide bonds. The molecule has 2 aromatic rings. The van der Waals surface area contributed by atoms with E-state index in [0.29, 0.717) is 67.0 Å². The summed E-state index contributed by atoms with van der Waals surface area (Å²) in [6, 6.07) is 10.6. The fourth-order valence-electron chi connectivity index (χ4n) is 4.36. The highest BCUT2D eigenvalue weighted by Gasteiger charge is 2.30. The van der Waals surface area contributed by atoms with E-state index in [0.717, 1.165) is 12.8 Å². The van der Waals surface area contributed by atoms with E-state index >= 15 is 0 Å². The Bertz CT molecular complexity index is 1110. The zero-order valence-electron chi connectivity index (χ0n) is 17.9. The Morgan fingerprint density at radius 3 is 2.94 bits per heavy atom. The second-order valence-corrected chi connectivity index (χ2v) is 9.60. The van der Waals surface area contributed by atoms with Crippen molar-refractivity contribution in [3.63, 3.8) is 0 Å². The van der Waals surface area contributed by atoms with Gasteiger partial charge in [0.1, 0.15) is 19.0 Å². The van der Waals surface area contributed by atoms with Gasteiger partial charge in [0.05, 0.1) is 23.4 Å². The van der Waals surface area contributed by atoms with Crippen molar-refractivity contribution in [2.45, 2.75) is 12.8 Å². The Morgan fingerprint density at radius 2 is 2.06 bits per heavy atom. The Balaban J connectivity index is 1.27. The average molecular weight is 475 g/mol. The lowest BCUT2D eigenvalue weighted by atomic mass is 9.98. The number of fused-ring (bicyclic) bond motifs is 2. The first-order valence-corrected chi connectivity index (χ1v) is 12.3. The summed E-state index contributed by atoms with van der Waals surface area (Å²) in [4.78, 5) is 15.1. The van der Waals surface area contributed by atoms with E-state index in [-0.39, 0.29) is 17.7 Å². The number of piperidine rings is 1. The van der Waals surface area contributed by atoms with E-state index in [9.17, 15) is 13.9 Å². The third kappa shape index (κ3) is 4.39. The predicted octanol–water partition coefficient (Wildman–Crippen LogP) is 3.10. The molecule has 0 aromatic heterocycles. The largest absolute Gasteiger partial charge is 0.492 e. The van der Waals surface area contributed by atoms with Gasteiger partial charge < -0.3 is 24.8 Å². The van der Waals surface area contributed by atoms with Crippen molar-refractivity contribution in [2.24, 2.45) is 16.0 Å². The van der Waals surface area contributed by atoms with Crippen LogP contribution < -0.4 is 24.7 Å². The van der Waals surface area contributed by atoms with Crippen molar-refractivity contribution in [1.82, 2.24) is 4.90 Å². The number of hydrogen-bond acceptors (Lipinski definition) is 9. The highest BCUT2D eigenvalue weighted by molar-refractivity contribution is 8.24. The molecule has 1 saturated heterocycles. The van der Waals surface area contributed by atoms with Gasteiger partial charge in [-0.15, -0.1) is 4.40 Å². The SMILES string of the molecule is NC1=NS(O)(O)Nc2cccc(OCC3CCCN(C(=O)c4cccc5c4OCCO5)C3)c21. The zero-order chi connectivity index (χ0) is 23.0. The first-order valence-electron chi connectivity index (χ1n) is 10.8. The molecule has 0 radical (unpaired) electrons. The number of benzene rings is 2. The van der Waals surface area contributed by atoms with E-state index in [1.807, 2.05) is 11.0 Å². The van der Waals surface area contributed by atoms with Crippen LogP contribution in [0.15, 0.2) is 40.8 Å². The molecule has 0 aliphatic carbocycles. The molecule has 3 heterocycles. The van der Waals surface area contributed by atoms with Gasteiger partial charge in [-0.2, -0.15) is 0 Å². The zero-order valence-corrected chi connectivity index (χ0v) is 18.7. The fraction of sp³-hybridized carbons (Fsp3) is 0.364. The molecule has 176 valence electrons. The van der Waals surface area contributed by atoms with E-state index < -0.39 is 11.0 Å². The second kappa shape index (κ2) is 8.65. The maximum absolute atomic E-state index is 13.3. The Morgan fingerprint density at radius 1 is 1.24 bits per heavy atom. The minimum absolute atomic E-state index is 0.0101. The number of hydrogen-bond donors (Lipinski definition) is 4. The van der Waals surface area contributed by atoms with Gasteiger partial charge in [0.2, 0.25) is 0 Å². The third-order valence-corrected chi connectivity index (χ3v) is 6.78. The molecule has 1 atom stereocenters. The lowest BCUT2D eigenvalue weighted by Gasteiger charge is -2.35. The van der Waals surface area contributed by atoms with Gasteiger partial charge in [-0.25, -0.2) is 0 Å². The number of ether oxygens (including phenoxy) is 3. The van der Waals surface area contributed by atoms with E-state index in [4.69, 9.17) is 19.9 Å². The number of carbonyl (C=O) groups excluding carboxylic acids is 1. The highest BCUT2D eigenvalue weighted by atomic mass is 32.3. The summed E-state index contributed by atoms with van der Waals surface area (Å²) in [7, 11) is -3.35. The molecular formula is C22H26N4O6S. The summed E-state index contributed by atoms with van der Waals surface area (Å²) < 4.78 is 43.4. The number of rotatable bonds is 4. The Labute approximate surface area is 193 Å². The number of carbonyl (C=O) groups is 1. The fourth-order valence-corrected chi connectivity index (χ4v) is 5.24. The molecule has 3 aliphatic heterocycles. The standard InChI is InChI=1S/C22H26N4O6S/c23-21-19-16(24-33(28,29)25-21)6-2-7-17(19)32-13-14-4-3-9-26(12-14)22(27)15-5-1-8-18-20(15)31-11-10-30-18/h1-2,5-8,14,24,28-29H,3-4,9-13H2,(H2,23,25). The number of amides is 1. The first-order chi connectivity index (χ1) is 15.9. The molecule has 33 heavy (non-hydrogen) atoms. The minimum atomic E-state index is -3.35. The van der Waals surface area contributed by atoms with Crippen LogP contribution >= 0.6 is 11.0 Å². The van der Waals surface area contributed by atoms with Gasteiger partial charge in [0.15, 0.2) is 17.3 Å². The smallest absolute Gasteiger partial charge is 0.257 e. The molecule has 0 saturated carbocycles. The summed E-state index contributed by atoms with van der Waals surface area (Å²) in [5, 5.41) is 0. The summed E-state index contributed by atoms with van der Waals surface area (Å²) >= 11 is 0. The summed E-state index contributed by atoms with van der Waals surface area (Å²) in [6.45, 7) is 2.51. The van der Waals surface area contributed by atoms with Crippen LogP contribution in [0.2, 0.25) is 0 Å². The van der Waals surface area contributed by atoms with Crippen LogP contribution in [0.5, 0.6) is 17.2 Å². The molecule has 0 bridgehead atoms. The predicted molar refractivity (Wildman–Crippen MR) is 125 cm³/mol. The maximum Gasteiger partial charge on any atom is 0.257 e. The van der Waals surface area contributed by atoms with Crippen LogP contribution in [0.4, 0.5) is 5.69 Å². The molecule has 5 N–H and O–H groups in total. The quantitative estimate of drug-likeness (QED) is 0.530. The van der Waals surface area contributed by atoms with Crippen molar-refractivity contribution in [3.05, 3.63) is 47.5 Å². The van der Waals surface area contributed by atoms with Gasteiger partial charge in [-0.1, -0.05) is 12.1 Å². The van der Waals surface area contributed by atoms with Crippen molar-refractivity contribution in [2.75, 3.05) is 37.6 Å². The van der Waals surface area contributed by atoms with Crippen LogP contribution in [0, 0.1) is 5.92 Å². The molecule has 3 aliphatic rings. The number of para-hydroxylation sites is 1. The Kier molecular flexibility index (Phi) is 5.69. The van der Waals surface area contributed by atoms with Crippen LogP contribution in [0.3, 0.4) is 0 Å². The highest BCUT2D eigenvalue weighted by Crippen LogP contribution is 2.47. The van der Waals surface area contributed by atoms with Crippen molar-refractivity contribution in [1.29, 1.82) is 0 Å². The minimum Gasteiger partial charge on any atom is -0.492 e. The normalized spacial score (nSPS) is 21.8. The number of likely N-dealkylation sites (tertiary alicyclic amines) is 1. The maximum atomic E-state index is 13.3. The molecule has 1 fully saturated rings. The second-order valence-electron chi connectivity index (χ2n) is 8.18. The first kappa shape index (κ1) is 21.7. The number of nitrogens with zero attached hydrogens (tertiary/aromatic N) is 2. The van der Waals surface area contributed by atoms with E-state index in [2.05, 4.69) is 9.12 Å². The number of anilines is 1. The summed E-state index contributed by atoms with van der Waals surface area (Å²) in [5.74, 6) is 1.67. The van der Waals surface area contributed by atoms with E-state index in [1.54, 1.807) is 30.3 Å². The van der Waals surface area contributed by atoms with E-state index in [1.165, 1.54) is 0 Å². The van der Waals surface area contributed by atoms with Crippen molar-refractivity contribution < 1.29 is 28.1 Å². The summed E-state index contributed by atoms with van der Waals surface area (Å²) in [5.41, 5.74) is 7.44. The van der Waals surface area contributed by atoms with Gasteiger partial charge in [-0.3, -0.25) is 18.6 Å². The topological polar surface area (TPSA) is 139 Å². The monoisotopic (exact) mass is 474 g/mol. The lowest BCUT2D eigenvalue weighted by molar-refractivity contribution is 0.0624. The van der Waals surface area contributed by atoms with Crippen LogP contribution in [-0.4, -0.2) is 58.7 Å². The van der Waals surface area contributed by atoms with Gasteiger partial charge in [-0.05, 0) is 48.1 Å². The number of nitrogens with one attached hydrogen (secondary N) is 1. The molecule has 11 heteroatoms. The molecule has 1 unspecified atom stereocenters. The third-order valence-electron chi connectivity index (χ3n) is 5.83. The summed E-state index contributed by atoms with van der Waals surface area (Å²) in [6.07, 6.45) is 1.79. The molecular weight excluding hydrogens is 448 g/mol. The van der Waals surface area contributed by atoms with Crippen molar-refractivity contribution in [3.8, 4) is 17.2 Å². The molecule has 2 aromatic carbocycles. The number of nitrogens with two attached hydrogens (primary N) is 1. The number of amidine groups is 1. The van der Waals surface area contributed by atoms with Gasteiger partial charge in [0.25, 0.3) is 5.91 Å².